The molecular weight excluding hydrogens is 713 g/mol. The number of fused-ring (bicyclic) bond motifs is 7. The lowest BCUT2D eigenvalue weighted by molar-refractivity contribution is -0.253. The number of hydrogen-bond acceptors (Lipinski definition) is 6. The number of rotatable bonds is 8. The Morgan fingerprint density at radius 1 is 0.667 bits per heavy atom. The molecule has 7 saturated carbocycles. The smallest absolute Gasteiger partial charge is 0.309 e. The van der Waals surface area contributed by atoms with Crippen LogP contribution in [0.15, 0.2) is 0 Å². The van der Waals surface area contributed by atoms with Gasteiger partial charge in [0.15, 0.2) is 0 Å². The molecule has 0 radical (unpaired) electrons. The zero-order valence-electron chi connectivity index (χ0n) is 37.0. The second kappa shape index (κ2) is 13.4. The highest BCUT2D eigenvalue weighted by atomic mass is 16.5. The van der Waals surface area contributed by atoms with Crippen LogP contribution in [0.25, 0.3) is 0 Å². The van der Waals surface area contributed by atoms with Gasteiger partial charge in [-0.1, -0.05) is 55.4 Å². The van der Waals surface area contributed by atoms with Crippen LogP contribution < -0.4 is 0 Å². The van der Waals surface area contributed by atoms with Crippen molar-refractivity contribution in [1.82, 2.24) is 9.80 Å². The second-order valence-corrected chi connectivity index (χ2v) is 24.2. The lowest BCUT2D eigenvalue weighted by Gasteiger charge is -2.73. The lowest BCUT2D eigenvalue weighted by Crippen LogP contribution is -2.68. The van der Waals surface area contributed by atoms with Crippen LogP contribution in [0.2, 0.25) is 0 Å². The van der Waals surface area contributed by atoms with Gasteiger partial charge in [-0.05, 0) is 172 Å². The maximum atomic E-state index is 15.5. The second-order valence-electron chi connectivity index (χ2n) is 24.2. The van der Waals surface area contributed by atoms with Crippen molar-refractivity contribution in [3.63, 3.8) is 0 Å². The molecule has 0 bridgehead atoms. The van der Waals surface area contributed by atoms with E-state index in [-0.39, 0.29) is 63.8 Å². The molecule has 1 amide bonds. The van der Waals surface area contributed by atoms with Crippen LogP contribution in [0.5, 0.6) is 0 Å². The van der Waals surface area contributed by atoms with Crippen molar-refractivity contribution in [2.24, 2.45) is 79.3 Å². The monoisotopic (exact) mass is 791 g/mol. The van der Waals surface area contributed by atoms with Crippen molar-refractivity contribution >= 4 is 17.8 Å². The van der Waals surface area contributed by atoms with Crippen LogP contribution in [0, 0.1) is 79.3 Å². The number of carbonyl (C=O) groups is 3. The molecule has 14 atom stereocenters. The summed E-state index contributed by atoms with van der Waals surface area (Å²) >= 11 is 0. The van der Waals surface area contributed by atoms with E-state index in [0.29, 0.717) is 47.3 Å². The fourth-order valence-corrected chi connectivity index (χ4v) is 17.7. The van der Waals surface area contributed by atoms with Gasteiger partial charge in [-0.25, -0.2) is 0 Å². The highest BCUT2D eigenvalue weighted by Crippen LogP contribution is 2.79. The summed E-state index contributed by atoms with van der Waals surface area (Å²) < 4.78 is 6.48. The van der Waals surface area contributed by atoms with E-state index in [1.54, 1.807) is 0 Å². The highest BCUT2D eigenvalue weighted by molar-refractivity contribution is 5.84. The SMILES string of the molecule is CC1([C@@H]2CC[C@]3(C(=O)N4CCC[C@H]4CN4CCC[C@H]4CO)CC[C@]4(C)[C@H](CC[C@@H]5[C@@]6(C)CC[C@H](OC(=O)[C@H]7C[C@@H](C(=O)O)C7(C)C)C(C)(C)[C@@H]6CC[C@]54C)[C@@H]23)CC1. The number of ether oxygens (including phenoxy) is 1. The number of aliphatic carboxylic acids is 1. The average molecular weight is 791 g/mol. The summed E-state index contributed by atoms with van der Waals surface area (Å²) in [4.78, 5) is 45.9. The molecule has 8 nitrogen and oxygen atoms in total. The number of carboxylic acid groups (broad SMARTS) is 1. The molecule has 7 aliphatic carbocycles. The number of carbonyl (C=O) groups excluding carboxylic acids is 2. The molecule has 2 heterocycles. The molecule has 9 fully saturated rings. The first kappa shape index (κ1) is 40.7. The summed E-state index contributed by atoms with van der Waals surface area (Å²) in [6, 6.07) is 0.540. The van der Waals surface area contributed by atoms with Gasteiger partial charge in [0.1, 0.15) is 6.10 Å². The van der Waals surface area contributed by atoms with Gasteiger partial charge in [0.25, 0.3) is 0 Å². The first-order valence-electron chi connectivity index (χ1n) is 23.9. The Morgan fingerprint density at radius 3 is 2.07 bits per heavy atom. The van der Waals surface area contributed by atoms with Crippen molar-refractivity contribution in [2.75, 3.05) is 26.2 Å². The number of amides is 1. The van der Waals surface area contributed by atoms with E-state index in [1.165, 1.54) is 38.5 Å². The molecule has 320 valence electrons. The van der Waals surface area contributed by atoms with Gasteiger partial charge >= 0.3 is 11.9 Å². The van der Waals surface area contributed by atoms with E-state index in [1.807, 2.05) is 13.8 Å². The third kappa shape index (κ3) is 5.65. The molecule has 9 rings (SSSR count). The molecule has 2 saturated heterocycles. The van der Waals surface area contributed by atoms with Crippen molar-refractivity contribution < 1.29 is 29.3 Å². The van der Waals surface area contributed by atoms with Crippen LogP contribution >= 0.6 is 0 Å². The zero-order valence-corrected chi connectivity index (χ0v) is 37.0. The fraction of sp³-hybridized carbons (Fsp3) is 0.939. The summed E-state index contributed by atoms with van der Waals surface area (Å²) in [6.07, 6.45) is 18.6. The maximum Gasteiger partial charge on any atom is 0.309 e. The number of esters is 1. The molecule has 2 N–H and O–H groups in total. The largest absolute Gasteiger partial charge is 0.481 e. The van der Waals surface area contributed by atoms with Gasteiger partial charge in [0, 0.05) is 30.6 Å². The normalized spacial score (nSPS) is 49.2. The molecule has 0 spiro atoms. The predicted molar refractivity (Wildman–Crippen MR) is 221 cm³/mol. The fourth-order valence-electron chi connectivity index (χ4n) is 17.7. The van der Waals surface area contributed by atoms with Gasteiger partial charge in [-0.3, -0.25) is 19.3 Å². The van der Waals surface area contributed by atoms with E-state index < -0.39 is 17.3 Å². The van der Waals surface area contributed by atoms with Gasteiger partial charge < -0.3 is 19.8 Å². The van der Waals surface area contributed by atoms with Crippen molar-refractivity contribution in [2.45, 2.75) is 183 Å². The Balaban J connectivity index is 0.966. The van der Waals surface area contributed by atoms with Crippen molar-refractivity contribution in [3.05, 3.63) is 0 Å². The molecule has 57 heavy (non-hydrogen) atoms. The highest BCUT2D eigenvalue weighted by Gasteiger charge is 2.74. The zero-order chi connectivity index (χ0) is 40.7. The quantitative estimate of drug-likeness (QED) is 0.237. The molecule has 0 aromatic rings. The Morgan fingerprint density at radius 2 is 1.39 bits per heavy atom. The van der Waals surface area contributed by atoms with Gasteiger partial charge in [-0.15, -0.1) is 0 Å². The van der Waals surface area contributed by atoms with Crippen LogP contribution in [0.3, 0.4) is 0 Å². The van der Waals surface area contributed by atoms with Crippen LogP contribution in [0.4, 0.5) is 0 Å². The predicted octanol–water partition coefficient (Wildman–Crippen LogP) is 8.97. The van der Waals surface area contributed by atoms with Crippen molar-refractivity contribution in [3.8, 4) is 0 Å². The maximum absolute atomic E-state index is 15.5. The third-order valence-corrected chi connectivity index (χ3v) is 21.6. The molecule has 8 heteroatoms. The molecule has 0 unspecified atom stereocenters. The molecular formula is C49H78N2O6. The summed E-state index contributed by atoms with van der Waals surface area (Å²) in [7, 11) is 0. The van der Waals surface area contributed by atoms with Crippen LogP contribution in [-0.2, 0) is 19.1 Å². The minimum atomic E-state index is -0.808. The Kier molecular flexibility index (Phi) is 9.58. The first-order chi connectivity index (χ1) is 26.8. The average Bonchev–Trinajstić information content (AvgIpc) is 3.49. The van der Waals surface area contributed by atoms with E-state index in [0.717, 1.165) is 83.8 Å². The van der Waals surface area contributed by atoms with E-state index in [9.17, 15) is 19.8 Å². The number of carboxylic acids is 1. The third-order valence-electron chi connectivity index (χ3n) is 21.6. The molecule has 0 aromatic heterocycles. The van der Waals surface area contributed by atoms with Gasteiger partial charge in [0.2, 0.25) is 5.91 Å². The number of hydrogen-bond donors (Lipinski definition) is 2. The Bertz CT molecular complexity index is 1640. The molecule has 2 aliphatic heterocycles. The summed E-state index contributed by atoms with van der Waals surface area (Å²) in [5.41, 5.74) is -0.0368. The molecule has 9 aliphatic rings. The number of nitrogens with zero attached hydrogens (tertiary/aromatic N) is 2. The summed E-state index contributed by atoms with van der Waals surface area (Å²) in [6.45, 7) is 22.3. The number of likely N-dealkylation sites (tertiary alicyclic amines) is 2. The minimum absolute atomic E-state index is 0.145. The number of aliphatic hydroxyl groups excluding tert-OH is 1. The van der Waals surface area contributed by atoms with E-state index in [2.05, 4.69) is 51.3 Å². The van der Waals surface area contributed by atoms with E-state index in [4.69, 9.17) is 4.74 Å². The number of aliphatic hydroxyl groups is 1. The van der Waals surface area contributed by atoms with Crippen LogP contribution in [-0.4, -0.2) is 82.3 Å². The van der Waals surface area contributed by atoms with Crippen LogP contribution in [0.1, 0.15) is 165 Å². The molecule has 0 aromatic carbocycles. The summed E-state index contributed by atoms with van der Waals surface area (Å²) in [5.74, 6) is 1.44. The van der Waals surface area contributed by atoms with Gasteiger partial charge in [-0.2, -0.15) is 0 Å². The first-order valence-corrected chi connectivity index (χ1v) is 23.9. The standard InChI is InChI=1S/C49H78N2O6/c1-43(2)34(40(53)54)27-35(43)41(55)57-38-17-18-46(6)36(44(38,3)4)16-19-48(8)37(46)14-13-33-39-32(45(5)21-22-45)15-20-49(39,24-23-47(33,48)7)42(56)51-26-10-11-30(51)28-50-25-9-12-31(50)29-52/h30-39,52H,9-29H2,1-8H3,(H,53,54)/t30-,31-,32+,33+,34-,35+,36-,37+,38-,39+,46-,47+,48+,49-/m0/s1. The Hall–Kier alpha value is -1.67. The lowest BCUT2D eigenvalue weighted by atomic mass is 9.32. The Labute approximate surface area is 344 Å². The van der Waals surface area contributed by atoms with E-state index >= 15 is 4.79 Å². The van der Waals surface area contributed by atoms with Crippen molar-refractivity contribution in [1.29, 1.82) is 0 Å². The van der Waals surface area contributed by atoms with Gasteiger partial charge in [0.05, 0.1) is 23.9 Å². The minimum Gasteiger partial charge on any atom is -0.481 e. The summed E-state index contributed by atoms with van der Waals surface area (Å²) in [5, 5.41) is 19.8. The topological polar surface area (TPSA) is 107 Å².